The molecule has 2 N–H and O–H groups in total. The van der Waals surface area contributed by atoms with Crippen molar-refractivity contribution in [3.63, 3.8) is 0 Å². The van der Waals surface area contributed by atoms with Gasteiger partial charge in [0, 0.05) is 36.9 Å². The fraction of sp³-hybridized carbons (Fsp3) is 0.217. The number of piperazine rings is 1. The summed E-state index contributed by atoms with van der Waals surface area (Å²) >= 11 is 5.93. The van der Waals surface area contributed by atoms with E-state index in [9.17, 15) is 13.2 Å². The second kappa shape index (κ2) is 8.58. The van der Waals surface area contributed by atoms with Gasteiger partial charge in [0.1, 0.15) is 5.82 Å². The first kappa shape index (κ1) is 20.6. The summed E-state index contributed by atoms with van der Waals surface area (Å²) in [6.07, 6.45) is 0. The average molecular weight is 432 g/mol. The Morgan fingerprint density at radius 1 is 0.867 bits per heavy atom. The van der Waals surface area contributed by atoms with Crippen LogP contribution in [0.25, 0.3) is 0 Å². The summed E-state index contributed by atoms with van der Waals surface area (Å²) in [5, 5.41) is 0.345. The van der Waals surface area contributed by atoms with Gasteiger partial charge in [0.25, 0.3) is 0 Å². The van der Waals surface area contributed by atoms with Crippen molar-refractivity contribution in [2.24, 2.45) is 0 Å². The quantitative estimate of drug-likeness (QED) is 0.561. The lowest BCUT2D eigenvalue weighted by molar-refractivity contribution is 0.214. The van der Waals surface area contributed by atoms with Gasteiger partial charge in [-0.3, -0.25) is 4.90 Å². The Kier molecular flexibility index (Phi) is 5.88. The Hall–Kier alpha value is -2.70. The second-order valence-corrected chi connectivity index (χ2v) is 7.89. The number of hydrogen-bond donors (Lipinski definition) is 1. The molecule has 1 atom stereocenters. The third kappa shape index (κ3) is 4.40. The van der Waals surface area contributed by atoms with Crippen LogP contribution in [-0.2, 0) is 6.54 Å². The number of anilines is 2. The molecule has 1 fully saturated rings. The lowest BCUT2D eigenvalue weighted by Crippen LogP contribution is -2.48. The largest absolute Gasteiger partial charge is 0.399 e. The van der Waals surface area contributed by atoms with Crippen LogP contribution in [0.4, 0.5) is 24.5 Å². The summed E-state index contributed by atoms with van der Waals surface area (Å²) in [4.78, 5) is 4.16. The minimum absolute atomic E-state index is 0.139. The summed E-state index contributed by atoms with van der Waals surface area (Å²) in [7, 11) is 0. The molecule has 0 spiro atoms. The highest BCUT2D eigenvalue weighted by atomic mass is 35.5. The van der Waals surface area contributed by atoms with Crippen LogP contribution in [0, 0.1) is 17.5 Å². The standard InChI is InChI=1S/C23H21ClF3N3/c24-17-4-8-22(21(27)12-17)30-10-9-29(13-15-1-7-19(25)20(26)11-15)14-23(30)16-2-5-18(28)6-3-16/h1-8,11-12,23H,9-10,13-14,28H2/t23-/m0/s1. The number of halogens is 4. The lowest BCUT2D eigenvalue weighted by Gasteiger charge is -2.43. The highest BCUT2D eigenvalue weighted by molar-refractivity contribution is 6.30. The number of hydrogen-bond acceptors (Lipinski definition) is 3. The van der Waals surface area contributed by atoms with E-state index in [-0.39, 0.29) is 11.9 Å². The molecule has 0 bridgehead atoms. The molecule has 0 aliphatic carbocycles. The zero-order chi connectivity index (χ0) is 21.3. The number of nitrogen functional groups attached to an aromatic ring is 1. The smallest absolute Gasteiger partial charge is 0.159 e. The van der Waals surface area contributed by atoms with E-state index in [1.165, 1.54) is 12.1 Å². The molecule has 0 saturated carbocycles. The van der Waals surface area contributed by atoms with Crippen molar-refractivity contribution in [3.05, 3.63) is 94.3 Å². The average Bonchev–Trinajstić information content (AvgIpc) is 2.72. The Balaban J connectivity index is 1.62. The molecule has 0 unspecified atom stereocenters. The Bertz CT molecular complexity index is 1040. The predicted molar refractivity (Wildman–Crippen MR) is 114 cm³/mol. The van der Waals surface area contributed by atoms with Gasteiger partial charge in [-0.05, 0) is 53.6 Å². The summed E-state index contributed by atoms with van der Waals surface area (Å²) in [5.74, 6) is -2.09. The van der Waals surface area contributed by atoms with Crippen LogP contribution >= 0.6 is 11.6 Å². The molecule has 3 aromatic rings. The highest BCUT2D eigenvalue weighted by Gasteiger charge is 2.30. The number of nitrogens with two attached hydrogens (primary N) is 1. The molecule has 1 heterocycles. The molecule has 1 aliphatic rings. The lowest BCUT2D eigenvalue weighted by atomic mass is 10.00. The van der Waals surface area contributed by atoms with Crippen molar-refractivity contribution >= 4 is 23.0 Å². The molecule has 7 heteroatoms. The summed E-state index contributed by atoms with van der Waals surface area (Å²) < 4.78 is 41.5. The van der Waals surface area contributed by atoms with Gasteiger partial charge < -0.3 is 10.6 Å². The highest BCUT2D eigenvalue weighted by Crippen LogP contribution is 2.34. The molecule has 1 aliphatic heterocycles. The molecule has 30 heavy (non-hydrogen) atoms. The molecule has 3 aromatic carbocycles. The zero-order valence-corrected chi connectivity index (χ0v) is 16.9. The summed E-state index contributed by atoms with van der Waals surface area (Å²) in [6.45, 7) is 2.27. The van der Waals surface area contributed by atoms with Crippen LogP contribution in [0.2, 0.25) is 5.02 Å². The number of nitrogens with zero attached hydrogens (tertiary/aromatic N) is 2. The molecular formula is C23H21ClF3N3. The third-order valence-electron chi connectivity index (χ3n) is 5.40. The van der Waals surface area contributed by atoms with E-state index in [4.69, 9.17) is 17.3 Å². The Morgan fingerprint density at radius 2 is 1.63 bits per heavy atom. The maximum Gasteiger partial charge on any atom is 0.159 e. The topological polar surface area (TPSA) is 32.5 Å². The van der Waals surface area contributed by atoms with E-state index in [0.29, 0.717) is 48.1 Å². The number of benzene rings is 3. The fourth-order valence-corrected chi connectivity index (χ4v) is 4.04. The van der Waals surface area contributed by atoms with Crippen LogP contribution in [0.15, 0.2) is 60.7 Å². The normalized spacial score (nSPS) is 17.3. The minimum Gasteiger partial charge on any atom is -0.399 e. The Labute approximate surface area is 178 Å². The van der Waals surface area contributed by atoms with E-state index in [1.807, 2.05) is 29.2 Å². The van der Waals surface area contributed by atoms with Crippen molar-refractivity contribution in [2.75, 3.05) is 30.3 Å². The number of rotatable bonds is 4. The monoisotopic (exact) mass is 431 g/mol. The van der Waals surface area contributed by atoms with E-state index in [1.54, 1.807) is 18.2 Å². The van der Waals surface area contributed by atoms with E-state index in [2.05, 4.69) is 4.90 Å². The van der Waals surface area contributed by atoms with Crippen LogP contribution in [0.1, 0.15) is 17.2 Å². The van der Waals surface area contributed by atoms with Gasteiger partial charge in [-0.1, -0.05) is 29.8 Å². The first-order chi connectivity index (χ1) is 14.4. The third-order valence-corrected chi connectivity index (χ3v) is 5.63. The van der Waals surface area contributed by atoms with Gasteiger partial charge in [-0.25, -0.2) is 13.2 Å². The maximum atomic E-state index is 14.7. The first-order valence-electron chi connectivity index (χ1n) is 9.64. The van der Waals surface area contributed by atoms with Gasteiger partial charge >= 0.3 is 0 Å². The van der Waals surface area contributed by atoms with Crippen LogP contribution in [0.3, 0.4) is 0 Å². The van der Waals surface area contributed by atoms with Gasteiger partial charge in [-0.2, -0.15) is 0 Å². The molecule has 0 amide bonds. The zero-order valence-electron chi connectivity index (χ0n) is 16.2. The molecule has 0 radical (unpaired) electrons. The SMILES string of the molecule is Nc1ccc([C@@H]2CN(Cc3ccc(F)c(F)c3)CCN2c2ccc(Cl)cc2F)cc1. The minimum atomic E-state index is -0.860. The van der Waals surface area contributed by atoms with Crippen LogP contribution < -0.4 is 10.6 Å². The van der Waals surface area contributed by atoms with E-state index >= 15 is 0 Å². The van der Waals surface area contributed by atoms with Crippen LogP contribution in [0.5, 0.6) is 0 Å². The predicted octanol–water partition coefficient (Wildman–Crippen LogP) is 5.40. The molecule has 3 nitrogen and oxygen atoms in total. The molecule has 1 saturated heterocycles. The maximum absolute atomic E-state index is 14.7. The van der Waals surface area contributed by atoms with Crippen LogP contribution in [-0.4, -0.2) is 24.5 Å². The molecule has 4 rings (SSSR count). The Morgan fingerprint density at radius 3 is 2.33 bits per heavy atom. The fourth-order valence-electron chi connectivity index (χ4n) is 3.89. The first-order valence-corrected chi connectivity index (χ1v) is 10.0. The second-order valence-electron chi connectivity index (χ2n) is 7.46. The van der Waals surface area contributed by atoms with Gasteiger partial charge in [0.05, 0.1) is 11.7 Å². The van der Waals surface area contributed by atoms with Crippen molar-refractivity contribution in [1.82, 2.24) is 4.90 Å². The van der Waals surface area contributed by atoms with Crippen molar-refractivity contribution in [2.45, 2.75) is 12.6 Å². The van der Waals surface area contributed by atoms with E-state index in [0.717, 1.165) is 11.6 Å². The summed E-state index contributed by atoms with van der Waals surface area (Å²) in [5.41, 5.74) is 8.65. The van der Waals surface area contributed by atoms with Gasteiger partial charge in [0.15, 0.2) is 11.6 Å². The van der Waals surface area contributed by atoms with Crippen molar-refractivity contribution < 1.29 is 13.2 Å². The van der Waals surface area contributed by atoms with Gasteiger partial charge in [0.2, 0.25) is 0 Å². The molecule has 156 valence electrons. The molecular weight excluding hydrogens is 411 g/mol. The summed E-state index contributed by atoms with van der Waals surface area (Å²) in [6, 6.07) is 16.0. The molecule has 0 aromatic heterocycles. The van der Waals surface area contributed by atoms with E-state index < -0.39 is 11.6 Å². The van der Waals surface area contributed by atoms with Gasteiger partial charge in [-0.15, -0.1) is 0 Å². The van der Waals surface area contributed by atoms with Crippen molar-refractivity contribution in [1.29, 1.82) is 0 Å². The van der Waals surface area contributed by atoms with Crippen molar-refractivity contribution in [3.8, 4) is 0 Å².